The van der Waals surface area contributed by atoms with Crippen molar-refractivity contribution in [1.82, 2.24) is 20.2 Å². The van der Waals surface area contributed by atoms with Crippen LogP contribution in [0.15, 0.2) is 78.8 Å². The van der Waals surface area contributed by atoms with Crippen molar-refractivity contribution in [3.8, 4) is 0 Å². The van der Waals surface area contributed by atoms with Gasteiger partial charge in [0.25, 0.3) is 0 Å². The van der Waals surface area contributed by atoms with Crippen molar-refractivity contribution < 1.29 is 13.9 Å². The smallest absolute Gasteiger partial charge is 0.147 e. The fraction of sp³-hybridized carbons (Fsp3) is 0.357. The number of rotatable bonds is 11. The van der Waals surface area contributed by atoms with Crippen LogP contribution in [-0.4, -0.2) is 62.4 Å². The normalized spacial score (nSPS) is 16.7. The molecule has 192 valence electrons. The van der Waals surface area contributed by atoms with Crippen LogP contribution >= 0.6 is 0 Å². The van der Waals surface area contributed by atoms with Gasteiger partial charge in [-0.15, -0.1) is 0 Å². The summed E-state index contributed by atoms with van der Waals surface area (Å²) in [6.45, 7) is 10.3. The fourth-order valence-electron chi connectivity index (χ4n) is 4.03. The molecule has 0 aliphatic carbocycles. The van der Waals surface area contributed by atoms with Crippen molar-refractivity contribution in [1.29, 1.82) is 0 Å². The second kappa shape index (κ2) is 12.2. The van der Waals surface area contributed by atoms with Gasteiger partial charge in [-0.25, -0.2) is 9.37 Å². The quantitative estimate of drug-likeness (QED) is 0.342. The number of nitrogens with zero attached hydrogens (tertiary/aromatic N) is 4. The predicted molar refractivity (Wildman–Crippen MR) is 145 cm³/mol. The number of methoxy groups -OCH3 is 2. The molecule has 1 N–H and O–H groups in total. The Kier molecular flexibility index (Phi) is 9.11. The summed E-state index contributed by atoms with van der Waals surface area (Å²) in [5.74, 6) is 1.32. The van der Waals surface area contributed by atoms with E-state index in [0.29, 0.717) is 18.0 Å². The summed E-state index contributed by atoms with van der Waals surface area (Å²) in [4.78, 5) is 13.6. The molecule has 1 aliphatic rings. The Hall–Kier alpha value is -3.81. The lowest BCUT2D eigenvalue weighted by molar-refractivity contribution is 0.247. The third kappa shape index (κ3) is 6.87. The lowest BCUT2D eigenvalue weighted by Gasteiger charge is -2.28. The van der Waals surface area contributed by atoms with E-state index < -0.39 is 6.67 Å². The van der Waals surface area contributed by atoms with E-state index in [2.05, 4.69) is 36.6 Å². The first-order valence-corrected chi connectivity index (χ1v) is 11.8. The van der Waals surface area contributed by atoms with Crippen LogP contribution in [0.3, 0.4) is 0 Å². The molecule has 2 aromatic heterocycles. The maximum atomic E-state index is 13.2. The molecule has 1 fully saturated rings. The molecule has 3 heterocycles. The van der Waals surface area contributed by atoms with Crippen molar-refractivity contribution in [3.63, 3.8) is 0 Å². The molecular weight excluding hydrogens is 457 g/mol. The average molecular weight is 494 g/mol. The summed E-state index contributed by atoms with van der Waals surface area (Å²) in [5.41, 5.74) is 5.37. The summed E-state index contributed by atoms with van der Waals surface area (Å²) in [6, 6.07) is 6.13. The van der Waals surface area contributed by atoms with E-state index in [1.165, 1.54) is 20.3 Å². The van der Waals surface area contributed by atoms with Crippen LogP contribution in [0.4, 0.5) is 10.2 Å². The first kappa shape index (κ1) is 26.8. The van der Waals surface area contributed by atoms with Gasteiger partial charge in [0.2, 0.25) is 0 Å². The Balaban J connectivity index is 2.02. The van der Waals surface area contributed by atoms with Crippen molar-refractivity contribution in [2.24, 2.45) is 0 Å². The van der Waals surface area contributed by atoms with Crippen LogP contribution in [-0.2, 0) is 9.47 Å². The Morgan fingerprint density at radius 3 is 2.61 bits per heavy atom. The summed E-state index contributed by atoms with van der Waals surface area (Å²) < 4.78 is 23.7. The number of alkyl halides is 1. The van der Waals surface area contributed by atoms with Crippen molar-refractivity contribution in [2.75, 3.05) is 46.4 Å². The average Bonchev–Trinajstić information content (AvgIpc) is 3.28. The monoisotopic (exact) mass is 493 g/mol. The van der Waals surface area contributed by atoms with Crippen LogP contribution < -0.4 is 10.2 Å². The first-order valence-electron chi connectivity index (χ1n) is 11.8. The number of anilines is 1. The molecule has 0 saturated carbocycles. The zero-order valence-electron chi connectivity index (χ0n) is 21.8. The Morgan fingerprint density at radius 2 is 2.00 bits per heavy atom. The van der Waals surface area contributed by atoms with E-state index >= 15 is 0 Å². The molecule has 36 heavy (non-hydrogen) atoms. The van der Waals surface area contributed by atoms with Gasteiger partial charge >= 0.3 is 0 Å². The summed E-state index contributed by atoms with van der Waals surface area (Å²) in [6.07, 6.45) is 9.08. The number of ether oxygens (including phenoxy) is 2. The summed E-state index contributed by atoms with van der Waals surface area (Å²) in [7, 11) is 6.93. The number of fused-ring (bicyclic) bond motifs is 1. The molecule has 1 aliphatic heterocycles. The first-order chi connectivity index (χ1) is 17.2. The zero-order valence-corrected chi connectivity index (χ0v) is 21.8. The van der Waals surface area contributed by atoms with Crippen LogP contribution in [0.5, 0.6) is 0 Å². The van der Waals surface area contributed by atoms with Gasteiger partial charge in [0.05, 0.1) is 25.3 Å². The van der Waals surface area contributed by atoms with Gasteiger partial charge in [0.15, 0.2) is 0 Å². The Labute approximate surface area is 213 Å². The molecule has 0 aromatic carbocycles. The van der Waals surface area contributed by atoms with Gasteiger partial charge in [-0.2, -0.15) is 0 Å². The lowest BCUT2D eigenvalue weighted by atomic mass is 10.1. The zero-order chi connectivity index (χ0) is 26.2. The third-order valence-corrected chi connectivity index (χ3v) is 5.90. The molecule has 0 bridgehead atoms. The molecule has 3 rings (SSSR count). The minimum Gasteiger partial charge on any atom is -0.498 e. The van der Waals surface area contributed by atoms with Crippen LogP contribution in [0, 0.1) is 0 Å². The number of nitrogens with one attached hydrogen (secondary N) is 1. The predicted octanol–water partition coefficient (Wildman–Crippen LogP) is 5.17. The minimum atomic E-state index is -0.731. The SMILES string of the molecule is C=C1CCC(CN(C(=C)/C=C(\C=C(/CF)OC)OC)c2ccc3ncc(/C(C)=C/N(C)C)cc3n2)N1. The molecule has 7 nitrogen and oxygen atoms in total. The minimum absolute atomic E-state index is 0.166. The standard InChI is InChI=1S/C28H36FN5O2/c1-19(17-33(4)5)22-13-27-26(30-16-22)10-11-28(32-27)34(18-23-9-8-20(2)31-23)21(3)12-24(35-6)14-25(15-29)36-7/h10-14,16-17,23,31H,2-3,8-9,15,18H2,1,4-7H3/b19-17+,24-12+,25-14+. The number of allylic oxidation sites excluding steroid dienone is 5. The Bertz CT molecular complexity index is 1200. The van der Waals surface area contributed by atoms with Gasteiger partial charge in [0, 0.05) is 62.6 Å². The van der Waals surface area contributed by atoms with E-state index in [1.807, 2.05) is 48.3 Å². The van der Waals surface area contributed by atoms with Crippen molar-refractivity contribution in [3.05, 3.63) is 84.4 Å². The molecular formula is C28H36FN5O2. The lowest BCUT2D eigenvalue weighted by Crippen LogP contribution is -2.36. The number of aromatic nitrogens is 2. The number of hydrogen-bond acceptors (Lipinski definition) is 7. The maximum Gasteiger partial charge on any atom is 0.147 e. The highest BCUT2D eigenvalue weighted by Crippen LogP contribution is 2.26. The third-order valence-electron chi connectivity index (χ3n) is 5.90. The molecule has 1 atom stereocenters. The van der Waals surface area contributed by atoms with Crippen LogP contribution in [0.1, 0.15) is 25.3 Å². The van der Waals surface area contributed by atoms with E-state index in [4.69, 9.17) is 14.5 Å². The number of halogens is 1. The van der Waals surface area contributed by atoms with Crippen LogP contribution in [0.2, 0.25) is 0 Å². The van der Waals surface area contributed by atoms with Crippen LogP contribution in [0.25, 0.3) is 16.6 Å². The Morgan fingerprint density at radius 1 is 1.22 bits per heavy atom. The van der Waals surface area contributed by atoms with E-state index in [0.717, 1.165) is 46.5 Å². The van der Waals surface area contributed by atoms with Gasteiger partial charge in [0.1, 0.15) is 24.0 Å². The van der Waals surface area contributed by atoms with Crippen molar-refractivity contribution in [2.45, 2.75) is 25.8 Å². The van der Waals surface area contributed by atoms with Gasteiger partial charge in [-0.05, 0) is 49.1 Å². The largest absolute Gasteiger partial charge is 0.498 e. The molecule has 2 aromatic rings. The van der Waals surface area contributed by atoms with E-state index in [-0.39, 0.29) is 11.8 Å². The highest BCUT2D eigenvalue weighted by Gasteiger charge is 2.22. The molecule has 1 unspecified atom stereocenters. The molecule has 0 radical (unpaired) electrons. The second-order valence-electron chi connectivity index (χ2n) is 8.99. The van der Waals surface area contributed by atoms with Crippen molar-refractivity contribution >= 4 is 22.4 Å². The second-order valence-corrected chi connectivity index (χ2v) is 8.99. The highest BCUT2D eigenvalue weighted by atomic mass is 19.1. The van der Waals surface area contributed by atoms with E-state index in [1.54, 1.807) is 6.08 Å². The molecule has 8 heteroatoms. The molecule has 1 saturated heterocycles. The molecule has 0 spiro atoms. The maximum absolute atomic E-state index is 13.2. The number of hydrogen-bond donors (Lipinski definition) is 1. The summed E-state index contributed by atoms with van der Waals surface area (Å²) >= 11 is 0. The fourth-order valence-corrected chi connectivity index (χ4v) is 4.03. The number of pyridine rings is 2. The van der Waals surface area contributed by atoms with E-state index in [9.17, 15) is 4.39 Å². The molecule has 0 amide bonds. The summed E-state index contributed by atoms with van der Waals surface area (Å²) in [5, 5.41) is 3.44. The van der Waals surface area contributed by atoms with Gasteiger partial charge < -0.3 is 24.6 Å². The highest BCUT2D eigenvalue weighted by molar-refractivity contribution is 5.80. The topological polar surface area (TPSA) is 62.8 Å². The van der Waals surface area contributed by atoms with Gasteiger partial charge in [-0.3, -0.25) is 4.98 Å². The van der Waals surface area contributed by atoms with Gasteiger partial charge in [-0.1, -0.05) is 13.2 Å².